The lowest BCUT2D eigenvalue weighted by molar-refractivity contribution is -0.136. The maximum Gasteiger partial charge on any atom is 0.257 e. The van der Waals surface area contributed by atoms with Gasteiger partial charge in [-0.3, -0.25) is 9.59 Å². The Morgan fingerprint density at radius 1 is 1.23 bits per heavy atom. The Morgan fingerprint density at radius 2 is 1.96 bits per heavy atom. The van der Waals surface area contributed by atoms with Crippen molar-refractivity contribution < 1.29 is 14.0 Å². The quantitative estimate of drug-likeness (QED) is 0.804. The molecule has 0 N–H and O–H groups in total. The zero-order valence-corrected chi connectivity index (χ0v) is 16.0. The van der Waals surface area contributed by atoms with Crippen LogP contribution in [-0.4, -0.2) is 72.3 Å². The van der Waals surface area contributed by atoms with E-state index >= 15 is 0 Å². The minimum Gasteiger partial charge on any atom is -0.339 e. The van der Waals surface area contributed by atoms with Gasteiger partial charge in [0.05, 0.1) is 5.56 Å². The zero-order chi connectivity index (χ0) is 18.8. The Hall–Kier alpha value is -1.66. The van der Waals surface area contributed by atoms with Gasteiger partial charge in [0, 0.05) is 50.2 Å². The van der Waals surface area contributed by atoms with Gasteiger partial charge in [0.25, 0.3) is 5.91 Å². The molecule has 2 aliphatic rings. The van der Waals surface area contributed by atoms with Gasteiger partial charge in [-0.1, -0.05) is 18.5 Å². The third-order valence-electron chi connectivity index (χ3n) is 5.33. The first-order valence-electron chi connectivity index (χ1n) is 9.11. The molecule has 26 heavy (non-hydrogen) atoms. The number of hydrogen-bond acceptors (Lipinski definition) is 3. The molecular weight excluding hydrogens is 357 g/mol. The van der Waals surface area contributed by atoms with Crippen LogP contribution in [0.2, 0.25) is 5.02 Å². The van der Waals surface area contributed by atoms with E-state index in [1.165, 1.54) is 18.2 Å². The summed E-state index contributed by atoms with van der Waals surface area (Å²) in [4.78, 5) is 31.1. The van der Waals surface area contributed by atoms with E-state index in [1.807, 2.05) is 18.9 Å². The average Bonchev–Trinajstić information content (AvgIpc) is 2.61. The minimum atomic E-state index is -0.568. The second-order valence-corrected chi connectivity index (χ2v) is 7.75. The molecular formula is C19H25ClFN3O2. The van der Waals surface area contributed by atoms with Crippen molar-refractivity contribution in [1.82, 2.24) is 14.7 Å². The summed E-state index contributed by atoms with van der Waals surface area (Å²) < 4.78 is 14.1. The summed E-state index contributed by atoms with van der Waals surface area (Å²) in [6, 6.07) is 3.91. The number of hydrogen-bond donors (Lipinski definition) is 0. The van der Waals surface area contributed by atoms with E-state index in [-0.39, 0.29) is 23.4 Å². The molecule has 5 nitrogen and oxygen atoms in total. The smallest absolute Gasteiger partial charge is 0.257 e. The predicted molar refractivity (Wildman–Crippen MR) is 98.7 cm³/mol. The van der Waals surface area contributed by atoms with Gasteiger partial charge in [0.1, 0.15) is 5.82 Å². The Morgan fingerprint density at radius 3 is 2.62 bits per heavy atom. The molecule has 1 unspecified atom stereocenters. The molecule has 0 bridgehead atoms. The lowest BCUT2D eigenvalue weighted by Crippen LogP contribution is -2.57. The lowest BCUT2D eigenvalue weighted by Gasteiger charge is -2.43. The fourth-order valence-electron chi connectivity index (χ4n) is 3.85. The number of carbonyl (C=O) groups is 2. The average molecular weight is 382 g/mol. The molecule has 2 heterocycles. The summed E-state index contributed by atoms with van der Waals surface area (Å²) in [5, 5.41) is 0.335. The highest BCUT2D eigenvalue weighted by atomic mass is 35.5. The Bertz CT molecular complexity index is 693. The highest BCUT2D eigenvalue weighted by molar-refractivity contribution is 6.31. The van der Waals surface area contributed by atoms with E-state index in [0.29, 0.717) is 43.4 Å². The molecule has 7 heteroatoms. The second kappa shape index (κ2) is 7.92. The second-order valence-electron chi connectivity index (χ2n) is 7.32. The van der Waals surface area contributed by atoms with Crippen LogP contribution in [0.4, 0.5) is 4.39 Å². The number of benzene rings is 1. The summed E-state index contributed by atoms with van der Waals surface area (Å²) >= 11 is 5.92. The van der Waals surface area contributed by atoms with Gasteiger partial charge in [-0.2, -0.15) is 0 Å². The maximum atomic E-state index is 14.1. The topological polar surface area (TPSA) is 43.9 Å². The van der Waals surface area contributed by atoms with E-state index in [4.69, 9.17) is 11.6 Å². The zero-order valence-electron chi connectivity index (χ0n) is 15.3. The standard InChI is InChI=1S/C19H25ClFN3O2/c1-3-15-12-23(18(25)8-13-10-22(2)11-13)6-7-24(15)19(26)16-9-14(20)4-5-17(16)21/h4-5,9,13,15H,3,6-8,10-12H2,1-2H3. The molecule has 1 atom stereocenters. The van der Waals surface area contributed by atoms with Crippen LogP contribution in [0.25, 0.3) is 0 Å². The molecule has 2 fully saturated rings. The Kier molecular flexibility index (Phi) is 5.82. The number of piperazine rings is 1. The van der Waals surface area contributed by atoms with Crippen molar-refractivity contribution in [1.29, 1.82) is 0 Å². The van der Waals surface area contributed by atoms with E-state index in [1.54, 1.807) is 4.90 Å². The SMILES string of the molecule is CCC1CN(C(=O)CC2CN(C)C2)CCN1C(=O)c1cc(Cl)ccc1F. The molecule has 1 aromatic carbocycles. The number of likely N-dealkylation sites (tertiary alicyclic amines) is 1. The fraction of sp³-hybridized carbons (Fsp3) is 0.579. The van der Waals surface area contributed by atoms with Gasteiger partial charge in [-0.25, -0.2) is 4.39 Å². The summed E-state index contributed by atoms with van der Waals surface area (Å²) in [5.74, 6) is -0.332. The summed E-state index contributed by atoms with van der Waals surface area (Å²) in [6.45, 7) is 5.33. The van der Waals surface area contributed by atoms with E-state index < -0.39 is 5.82 Å². The van der Waals surface area contributed by atoms with Crippen molar-refractivity contribution >= 4 is 23.4 Å². The first-order chi connectivity index (χ1) is 12.4. The van der Waals surface area contributed by atoms with Gasteiger partial charge in [-0.15, -0.1) is 0 Å². The van der Waals surface area contributed by atoms with Crippen LogP contribution < -0.4 is 0 Å². The predicted octanol–water partition coefficient (Wildman–Crippen LogP) is 2.49. The highest BCUT2D eigenvalue weighted by Gasteiger charge is 2.34. The first-order valence-corrected chi connectivity index (χ1v) is 9.49. The third-order valence-corrected chi connectivity index (χ3v) is 5.56. The third kappa shape index (κ3) is 4.01. The molecule has 2 amide bonds. The lowest BCUT2D eigenvalue weighted by atomic mass is 9.96. The van der Waals surface area contributed by atoms with Gasteiger partial charge < -0.3 is 14.7 Å². The fourth-order valence-corrected chi connectivity index (χ4v) is 4.02. The number of halogens is 2. The van der Waals surface area contributed by atoms with E-state index in [2.05, 4.69) is 4.90 Å². The minimum absolute atomic E-state index is 0.00627. The van der Waals surface area contributed by atoms with Gasteiger partial charge in [-0.05, 0) is 37.6 Å². The Labute approximate surface area is 158 Å². The van der Waals surface area contributed by atoms with E-state index in [0.717, 1.165) is 13.1 Å². The first kappa shape index (κ1) is 19.1. The van der Waals surface area contributed by atoms with Crippen LogP contribution in [0.1, 0.15) is 30.1 Å². The molecule has 2 saturated heterocycles. The van der Waals surface area contributed by atoms with Crippen molar-refractivity contribution in [2.75, 3.05) is 39.8 Å². The Balaban J connectivity index is 1.65. The molecule has 142 valence electrons. The van der Waals surface area contributed by atoms with Crippen LogP contribution in [0.15, 0.2) is 18.2 Å². The van der Waals surface area contributed by atoms with Crippen molar-refractivity contribution in [2.45, 2.75) is 25.8 Å². The van der Waals surface area contributed by atoms with Crippen LogP contribution in [0.5, 0.6) is 0 Å². The van der Waals surface area contributed by atoms with E-state index in [9.17, 15) is 14.0 Å². The maximum absolute atomic E-state index is 14.1. The van der Waals surface area contributed by atoms with Gasteiger partial charge in [0.2, 0.25) is 5.91 Å². The number of nitrogens with zero attached hydrogens (tertiary/aromatic N) is 3. The molecule has 0 saturated carbocycles. The molecule has 3 rings (SSSR count). The highest BCUT2D eigenvalue weighted by Crippen LogP contribution is 2.23. The van der Waals surface area contributed by atoms with Crippen molar-refractivity contribution in [3.63, 3.8) is 0 Å². The number of amides is 2. The van der Waals surface area contributed by atoms with Crippen LogP contribution in [-0.2, 0) is 4.79 Å². The molecule has 2 aliphatic heterocycles. The van der Waals surface area contributed by atoms with Crippen molar-refractivity contribution in [3.8, 4) is 0 Å². The van der Waals surface area contributed by atoms with Gasteiger partial charge >= 0.3 is 0 Å². The molecule has 1 aromatic rings. The summed E-state index contributed by atoms with van der Waals surface area (Å²) in [6.07, 6.45) is 1.28. The molecule has 0 aromatic heterocycles. The van der Waals surface area contributed by atoms with Gasteiger partial charge in [0.15, 0.2) is 0 Å². The van der Waals surface area contributed by atoms with Crippen LogP contribution >= 0.6 is 11.6 Å². The molecule has 0 spiro atoms. The number of carbonyl (C=O) groups excluding carboxylic acids is 2. The number of rotatable bonds is 4. The summed E-state index contributed by atoms with van der Waals surface area (Å²) in [7, 11) is 2.05. The van der Waals surface area contributed by atoms with Crippen molar-refractivity contribution in [3.05, 3.63) is 34.6 Å². The monoisotopic (exact) mass is 381 g/mol. The summed E-state index contributed by atoms with van der Waals surface area (Å²) in [5.41, 5.74) is -0.00627. The normalized spacial score (nSPS) is 21.6. The largest absolute Gasteiger partial charge is 0.339 e. The molecule has 0 aliphatic carbocycles. The molecule has 0 radical (unpaired) electrons. The van der Waals surface area contributed by atoms with Crippen LogP contribution in [0, 0.1) is 11.7 Å². The van der Waals surface area contributed by atoms with Crippen LogP contribution in [0.3, 0.4) is 0 Å². The van der Waals surface area contributed by atoms with Crippen molar-refractivity contribution in [2.24, 2.45) is 5.92 Å².